The van der Waals surface area contributed by atoms with Crippen LogP contribution in [0.15, 0.2) is 18.2 Å². The van der Waals surface area contributed by atoms with Crippen molar-refractivity contribution >= 4 is 11.8 Å². The highest BCUT2D eigenvalue weighted by molar-refractivity contribution is 7.99. The lowest BCUT2D eigenvalue weighted by atomic mass is 9.97. The molecule has 2 unspecified atom stereocenters. The van der Waals surface area contributed by atoms with Gasteiger partial charge >= 0.3 is 6.18 Å². The number of hydrogen-bond donors (Lipinski definition) is 1. The van der Waals surface area contributed by atoms with Crippen LogP contribution in [0.4, 0.5) is 17.6 Å². The number of nitrogens with zero attached hydrogens (tertiary/aromatic N) is 1. The van der Waals surface area contributed by atoms with Gasteiger partial charge < -0.3 is 5.32 Å². The lowest BCUT2D eigenvalue weighted by molar-refractivity contribution is -0.140. The summed E-state index contributed by atoms with van der Waals surface area (Å²) in [5.74, 6) is 0.682. The molecular formula is C14H18F4N2S. The van der Waals surface area contributed by atoms with Crippen LogP contribution in [0.3, 0.4) is 0 Å². The molecule has 2 nitrogen and oxygen atoms in total. The summed E-state index contributed by atoms with van der Waals surface area (Å²) in [5.41, 5.74) is -0.671. The molecule has 2 atom stereocenters. The van der Waals surface area contributed by atoms with Crippen LogP contribution in [0.2, 0.25) is 0 Å². The van der Waals surface area contributed by atoms with Crippen LogP contribution in [-0.2, 0) is 6.18 Å². The number of likely N-dealkylation sites (N-methyl/N-ethyl adjacent to an activating group) is 2. The largest absolute Gasteiger partial charge is 0.419 e. The van der Waals surface area contributed by atoms with Crippen LogP contribution in [0.1, 0.15) is 17.2 Å². The van der Waals surface area contributed by atoms with Gasteiger partial charge in [0.25, 0.3) is 0 Å². The van der Waals surface area contributed by atoms with E-state index in [-0.39, 0.29) is 12.1 Å². The van der Waals surface area contributed by atoms with Crippen molar-refractivity contribution in [3.05, 3.63) is 35.1 Å². The second-order valence-electron chi connectivity index (χ2n) is 5.13. The van der Waals surface area contributed by atoms with Gasteiger partial charge in [-0.25, -0.2) is 4.39 Å². The first-order chi connectivity index (χ1) is 9.84. The van der Waals surface area contributed by atoms with Gasteiger partial charge in [0.1, 0.15) is 5.82 Å². The predicted molar refractivity (Wildman–Crippen MR) is 76.9 cm³/mol. The quantitative estimate of drug-likeness (QED) is 0.861. The van der Waals surface area contributed by atoms with Crippen molar-refractivity contribution in [2.75, 3.05) is 32.1 Å². The van der Waals surface area contributed by atoms with Crippen molar-refractivity contribution in [2.45, 2.75) is 18.3 Å². The number of halogens is 4. The number of nitrogens with one attached hydrogen (secondary N) is 1. The van der Waals surface area contributed by atoms with E-state index < -0.39 is 17.6 Å². The van der Waals surface area contributed by atoms with Crippen molar-refractivity contribution in [3.63, 3.8) is 0 Å². The lowest BCUT2D eigenvalue weighted by Crippen LogP contribution is -2.47. The van der Waals surface area contributed by atoms with Crippen LogP contribution in [0, 0.1) is 5.82 Å². The van der Waals surface area contributed by atoms with Crippen molar-refractivity contribution in [1.82, 2.24) is 10.2 Å². The minimum Gasteiger partial charge on any atom is -0.312 e. The minimum atomic E-state index is -4.66. The summed E-state index contributed by atoms with van der Waals surface area (Å²) in [7, 11) is 3.72. The molecule has 1 aliphatic rings. The molecule has 21 heavy (non-hydrogen) atoms. The highest BCUT2D eigenvalue weighted by Gasteiger charge is 2.35. The zero-order chi connectivity index (χ0) is 15.6. The predicted octanol–water partition coefficient (Wildman–Crippen LogP) is 3.15. The zero-order valence-corrected chi connectivity index (χ0v) is 12.7. The molecule has 7 heteroatoms. The van der Waals surface area contributed by atoms with Gasteiger partial charge in [-0.3, -0.25) is 4.90 Å². The molecule has 1 fully saturated rings. The second-order valence-corrected chi connectivity index (χ2v) is 6.28. The van der Waals surface area contributed by atoms with Gasteiger partial charge in [0, 0.05) is 30.1 Å². The third-order valence-corrected chi connectivity index (χ3v) is 4.85. The van der Waals surface area contributed by atoms with Crippen molar-refractivity contribution in [2.24, 2.45) is 0 Å². The molecule has 0 aliphatic carbocycles. The lowest BCUT2D eigenvalue weighted by Gasteiger charge is -2.38. The first-order valence-corrected chi connectivity index (χ1v) is 7.82. The van der Waals surface area contributed by atoms with Gasteiger partial charge in [0.05, 0.1) is 5.56 Å². The Bertz CT molecular complexity index is 492. The molecule has 0 aromatic heterocycles. The molecule has 118 valence electrons. The van der Waals surface area contributed by atoms with Gasteiger partial charge in [-0.2, -0.15) is 24.9 Å². The summed E-state index contributed by atoms with van der Waals surface area (Å²) in [6.45, 7) is 0.913. The molecule has 1 aromatic rings. The Balaban J connectivity index is 2.28. The monoisotopic (exact) mass is 322 g/mol. The number of rotatable bonds is 3. The second kappa shape index (κ2) is 6.54. The Hall–Kier alpha value is -0.790. The molecule has 0 amide bonds. The fourth-order valence-corrected chi connectivity index (χ4v) is 3.86. The van der Waals surface area contributed by atoms with Gasteiger partial charge in [-0.05, 0) is 31.8 Å². The SMILES string of the molecule is CNC(c1ccc(C(F)(F)F)c(F)c1)C1CSCCN1C. The summed E-state index contributed by atoms with van der Waals surface area (Å²) in [6.07, 6.45) is -4.66. The highest BCUT2D eigenvalue weighted by Crippen LogP contribution is 2.34. The van der Waals surface area contributed by atoms with Crippen LogP contribution < -0.4 is 5.32 Å². The third kappa shape index (κ3) is 3.70. The molecule has 0 spiro atoms. The Morgan fingerprint density at radius 2 is 2.10 bits per heavy atom. The van der Waals surface area contributed by atoms with E-state index >= 15 is 0 Å². The van der Waals surface area contributed by atoms with Gasteiger partial charge in [0.2, 0.25) is 0 Å². The van der Waals surface area contributed by atoms with Crippen LogP contribution in [0.25, 0.3) is 0 Å². The van der Waals surface area contributed by atoms with Crippen LogP contribution in [-0.4, -0.2) is 43.1 Å². The van der Waals surface area contributed by atoms with E-state index in [0.29, 0.717) is 5.56 Å². The van der Waals surface area contributed by atoms with E-state index in [2.05, 4.69) is 10.2 Å². The maximum absolute atomic E-state index is 13.7. The first-order valence-electron chi connectivity index (χ1n) is 6.66. The fourth-order valence-electron chi connectivity index (χ4n) is 2.59. The van der Waals surface area contributed by atoms with Gasteiger partial charge in [-0.15, -0.1) is 0 Å². The number of hydrogen-bond acceptors (Lipinski definition) is 3. The third-order valence-electron chi connectivity index (χ3n) is 3.80. The average Bonchev–Trinajstić information content (AvgIpc) is 2.40. The number of alkyl halides is 3. The van der Waals surface area contributed by atoms with Crippen LogP contribution >= 0.6 is 11.8 Å². The van der Waals surface area contributed by atoms with E-state index in [4.69, 9.17) is 0 Å². The molecule has 1 N–H and O–H groups in total. The first kappa shape index (κ1) is 16.6. The zero-order valence-electron chi connectivity index (χ0n) is 11.9. The maximum atomic E-state index is 13.7. The van der Waals surface area contributed by atoms with Crippen molar-refractivity contribution in [1.29, 1.82) is 0 Å². The molecule has 0 bridgehead atoms. The molecule has 0 saturated carbocycles. The van der Waals surface area contributed by atoms with E-state index in [1.165, 1.54) is 6.07 Å². The number of benzene rings is 1. The van der Waals surface area contributed by atoms with E-state index in [1.807, 2.05) is 7.05 Å². The number of thioether (sulfide) groups is 1. The summed E-state index contributed by atoms with van der Waals surface area (Å²) in [4.78, 5) is 2.16. The van der Waals surface area contributed by atoms with E-state index in [1.54, 1.807) is 18.8 Å². The molecule has 0 radical (unpaired) electrons. The fraction of sp³-hybridized carbons (Fsp3) is 0.571. The molecule has 2 rings (SSSR count). The van der Waals surface area contributed by atoms with E-state index in [9.17, 15) is 17.6 Å². The van der Waals surface area contributed by atoms with Gasteiger partial charge in [0.15, 0.2) is 0 Å². The smallest absolute Gasteiger partial charge is 0.312 e. The molecule has 1 heterocycles. The standard InChI is InChI=1S/C14H18F4N2S/c1-19-13(12-8-21-6-5-20(12)2)9-3-4-10(11(15)7-9)14(16,17)18/h3-4,7,12-13,19H,5-6,8H2,1-2H3. The summed E-state index contributed by atoms with van der Waals surface area (Å²) >= 11 is 1.80. The molecule has 1 aliphatic heterocycles. The molecule has 1 saturated heterocycles. The summed E-state index contributed by atoms with van der Waals surface area (Å²) in [6, 6.07) is 3.12. The Morgan fingerprint density at radius 3 is 2.62 bits per heavy atom. The molecule has 1 aromatic carbocycles. The maximum Gasteiger partial charge on any atom is 0.419 e. The van der Waals surface area contributed by atoms with Crippen molar-refractivity contribution in [3.8, 4) is 0 Å². The average molecular weight is 322 g/mol. The summed E-state index contributed by atoms with van der Waals surface area (Å²) in [5, 5.41) is 3.10. The summed E-state index contributed by atoms with van der Waals surface area (Å²) < 4.78 is 51.6. The van der Waals surface area contributed by atoms with E-state index in [0.717, 1.165) is 30.2 Å². The Morgan fingerprint density at radius 1 is 1.38 bits per heavy atom. The van der Waals surface area contributed by atoms with Crippen molar-refractivity contribution < 1.29 is 17.6 Å². The minimum absolute atomic E-state index is 0.130. The Labute approximate surface area is 125 Å². The Kier molecular flexibility index (Phi) is 5.16. The molecular weight excluding hydrogens is 304 g/mol. The normalized spacial score (nSPS) is 22.3. The topological polar surface area (TPSA) is 15.3 Å². The highest BCUT2D eigenvalue weighted by atomic mass is 32.2. The van der Waals surface area contributed by atoms with Gasteiger partial charge in [-0.1, -0.05) is 6.07 Å². The van der Waals surface area contributed by atoms with Crippen LogP contribution in [0.5, 0.6) is 0 Å².